The molecule has 144 valence electrons. The van der Waals surface area contributed by atoms with Gasteiger partial charge in [0.15, 0.2) is 16.7 Å². The van der Waals surface area contributed by atoms with E-state index in [0.717, 1.165) is 23.8 Å². The Bertz CT molecular complexity index is 1060. The highest BCUT2D eigenvalue weighted by Gasteiger charge is 2.36. The first-order valence-electron chi connectivity index (χ1n) is 7.98. The number of rotatable bonds is 3. The second-order valence-electron chi connectivity index (χ2n) is 5.84. The molecule has 1 atom stereocenters. The predicted octanol–water partition coefficient (Wildman–Crippen LogP) is 4.47. The maximum absolute atomic E-state index is 13.3. The summed E-state index contributed by atoms with van der Waals surface area (Å²) in [7, 11) is -1.71. The Hall–Kier alpha value is -3.01. The molecule has 4 rings (SSSR count). The van der Waals surface area contributed by atoms with Crippen molar-refractivity contribution in [1.82, 2.24) is 9.97 Å². The van der Waals surface area contributed by atoms with Crippen LogP contribution >= 0.6 is 0 Å². The molecule has 1 aliphatic rings. The largest absolute Gasteiger partial charge is 0.433 e. The standard InChI is InChI=1S/C18H11F4N3O2S/c19-12-5-7-13(8-6-12)27-17-23-15(18(20,21)22)9-16(24-17)25-10-11-3-1-2-4-14(11)28(25)26/h1-9H,10H2. The lowest BCUT2D eigenvalue weighted by atomic mass is 10.2. The van der Waals surface area contributed by atoms with Gasteiger partial charge in [-0.05, 0) is 35.9 Å². The third-order valence-corrected chi connectivity index (χ3v) is 5.43. The average molecular weight is 409 g/mol. The molecule has 0 saturated carbocycles. The molecular weight excluding hydrogens is 398 g/mol. The summed E-state index contributed by atoms with van der Waals surface area (Å²) < 4.78 is 72.1. The highest BCUT2D eigenvalue weighted by Crippen LogP contribution is 2.36. The fourth-order valence-corrected chi connectivity index (χ4v) is 3.95. The van der Waals surface area contributed by atoms with Crippen molar-refractivity contribution >= 4 is 16.8 Å². The molecule has 3 aromatic rings. The summed E-state index contributed by atoms with van der Waals surface area (Å²) in [5.74, 6) is -0.644. The molecule has 2 aromatic carbocycles. The summed E-state index contributed by atoms with van der Waals surface area (Å²) in [5, 5.41) is 0. The van der Waals surface area contributed by atoms with Gasteiger partial charge in [-0.3, -0.25) is 4.31 Å². The average Bonchev–Trinajstić information content (AvgIpc) is 3.00. The first-order chi connectivity index (χ1) is 13.3. The van der Waals surface area contributed by atoms with Crippen LogP contribution in [0.3, 0.4) is 0 Å². The molecule has 0 fully saturated rings. The molecule has 0 radical (unpaired) electrons. The number of benzene rings is 2. The van der Waals surface area contributed by atoms with Crippen LogP contribution in [0, 0.1) is 5.82 Å². The Balaban J connectivity index is 1.73. The summed E-state index contributed by atoms with van der Waals surface area (Å²) in [6.45, 7) is 0.132. The second-order valence-corrected chi connectivity index (χ2v) is 7.22. The zero-order chi connectivity index (χ0) is 19.9. The molecule has 0 N–H and O–H groups in total. The van der Waals surface area contributed by atoms with Crippen LogP contribution in [-0.4, -0.2) is 14.2 Å². The minimum Gasteiger partial charge on any atom is -0.424 e. The molecule has 0 bridgehead atoms. The number of fused-ring (bicyclic) bond motifs is 1. The lowest BCUT2D eigenvalue weighted by Gasteiger charge is -2.17. The molecule has 0 aliphatic carbocycles. The monoisotopic (exact) mass is 409 g/mol. The maximum Gasteiger partial charge on any atom is 0.433 e. The smallest absolute Gasteiger partial charge is 0.424 e. The van der Waals surface area contributed by atoms with Crippen molar-refractivity contribution in [3.63, 3.8) is 0 Å². The lowest BCUT2D eigenvalue weighted by molar-refractivity contribution is -0.141. The summed E-state index contributed by atoms with van der Waals surface area (Å²) in [6.07, 6.45) is -4.76. The van der Waals surface area contributed by atoms with E-state index in [4.69, 9.17) is 4.74 Å². The van der Waals surface area contributed by atoms with Gasteiger partial charge in [0.25, 0.3) is 0 Å². The fraction of sp³-hybridized carbons (Fsp3) is 0.111. The van der Waals surface area contributed by atoms with Gasteiger partial charge in [-0.15, -0.1) is 0 Å². The van der Waals surface area contributed by atoms with E-state index < -0.39 is 34.7 Å². The van der Waals surface area contributed by atoms with Crippen LogP contribution < -0.4 is 9.04 Å². The second kappa shape index (κ2) is 6.86. The van der Waals surface area contributed by atoms with Crippen molar-refractivity contribution in [2.24, 2.45) is 0 Å². The number of anilines is 1. The van der Waals surface area contributed by atoms with Crippen molar-refractivity contribution in [3.8, 4) is 11.8 Å². The van der Waals surface area contributed by atoms with Gasteiger partial charge in [0.2, 0.25) is 0 Å². The van der Waals surface area contributed by atoms with Crippen LogP contribution in [-0.2, 0) is 23.7 Å². The molecule has 1 unspecified atom stereocenters. The van der Waals surface area contributed by atoms with E-state index in [1.165, 1.54) is 16.4 Å². The van der Waals surface area contributed by atoms with Crippen LogP contribution in [0.1, 0.15) is 11.3 Å². The van der Waals surface area contributed by atoms with E-state index in [9.17, 15) is 21.8 Å². The first kappa shape index (κ1) is 18.4. The lowest BCUT2D eigenvalue weighted by Crippen LogP contribution is -2.21. The van der Waals surface area contributed by atoms with Crippen molar-refractivity contribution in [2.75, 3.05) is 4.31 Å². The van der Waals surface area contributed by atoms with Gasteiger partial charge in [-0.25, -0.2) is 8.60 Å². The van der Waals surface area contributed by atoms with E-state index in [0.29, 0.717) is 4.90 Å². The van der Waals surface area contributed by atoms with Crippen LogP contribution in [0.4, 0.5) is 23.4 Å². The Morgan fingerprint density at radius 2 is 1.75 bits per heavy atom. The number of nitrogens with zero attached hydrogens (tertiary/aromatic N) is 3. The Morgan fingerprint density at radius 1 is 1.04 bits per heavy atom. The van der Waals surface area contributed by atoms with Gasteiger partial charge in [0.05, 0.1) is 11.4 Å². The van der Waals surface area contributed by atoms with Crippen molar-refractivity contribution < 1.29 is 26.5 Å². The quantitative estimate of drug-likeness (QED) is 0.599. The van der Waals surface area contributed by atoms with Crippen LogP contribution in [0.5, 0.6) is 11.8 Å². The zero-order valence-electron chi connectivity index (χ0n) is 14.0. The highest BCUT2D eigenvalue weighted by molar-refractivity contribution is 7.86. The number of halogens is 4. The molecule has 5 nitrogen and oxygen atoms in total. The molecule has 1 aliphatic heterocycles. The number of alkyl halides is 3. The van der Waals surface area contributed by atoms with Crippen molar-refractivity contribution in [2.45, 2.75) is 17.6 Å². The molecule has 28 heavy (non-hydrogen) atoms. The summed E-state index contributed by atoms with van der Waals surface area (Å²) in [5.41, 5.74) is -0.503. The fourth-order valence-electron chi connectivity index (χ4n) is 2.64. The van der Waals surface area contributed by atoms with Gasteiger partial charge in [0.1, 0.15) is 17.4 Å². The highest BCUT2D eigenvalue weighted by atomic mass is 32.2. The van der Waals surface area contributed by atoms with Gasteiger partial charge in [-0.1, -0.05) is 18.2 Å². The van der Waals surface area contributed by atoms with Gasteiger partial charge < -0.3 is 4.74 Å². The molecule has 2 heterocycles. The molecule has 10 heteroatoms. The number of hydrogen-bond acceptors (Lipinski definition) is 4. The van der Waals surface area contributed by atoms with E-state index in [-0.39, 0.29) is 18.1 Å². The van der Waals surface area contributed by atoms with Crippen LogP contribution in [0.2, 0.25) is 0 Å². The molecule has 1 aromatic heterocycles. The molecular formula is C18H11F4N3O2S. The van der Waals surface area contributed by atoms with E-state index in [2.05, 4.69) is 9.97 Å². The number of aromatic nitrogens is 2. The normalized spacial score (nSPS) is 16.1. The van der Waals surface area contributed by atoms with Gasteiger partial charge in [0, 0.05) is 6.07 Å². The summed E-state index contributed by atoms with van der Waals surface area (Å²) >= 11 is 0. The molecule has 0 spiro atoms. The maximum atomic E-state index is 13.3. The van der Waals surface area contributed by atoms with Crippen LogP contribution in [0.25, 0.3) is 0 Å². The zero-order valence-corrected chi connectivity index (χ0v) is 14.8. The summed E-state index contributed by atoms with van der Waals surface area (Å²) in [4.78, 5) is 7.89. The Morgan fingerprint density at radius 3 is 2.43 bits per heavy atom. The van der Waals surface area contributed by atoms with Gasteiger partial charge in [-0.2, -0.15) is 23.1 Å². The summed E-state index contributed by atoms with van der Waals surface area (Å²) in [6, 6.07) is 11.7. The predicted molar refractivity (Wildman–Crippen MR) is 92.5 cm³/mol. The first-order valence-corrected chi connectivity index (χ1v) is 9.09. The van der Waals surface area contributed by atoms with E-state index in [1.807, 2.05) is 0 Å². The minimum absolute atomic E-state index is 0.0671. The topological polar surface area (TPSA) is 55.3 Å². The van der Waals surface area contributed by atoms with Crippen molar-refractivity contribution in [1.29, 1.82) is 0 Å². The van der Waals surface area contributed by atoms with E-state index >= 15 is 0 Å². The minimum atomic E-state index is -4.76. The van der Waals surface area contributed by atoms with Crippen molar-refractivity contribution in [3.05, 3.63) is 71.7 Å². The molecule has 0 saturated heterocycles. The van der Waals surface area contributed by atoms with Gasteiger partial charge >= 0.3 is 12.2 Å². The van der Waals surface area contributed by atoms with E-state index in [1.54, 1.807) is 24.3 Å². The SMILES string of the molecule is O=S1c2ccccc2CN1c1cc(C(F)(F)F)nc(Oc2ccc(F)cc2)n1. The third-order valence-electron chi connectivity index (χ3n) is 3.94. The third kappa shape index (κ3) is 3.55. The Kier molecular flexibility index (Phi) is 4.50. The van der Waals surface area contributed by atoms with Crippen LogP contribution in [0.15, 0.2) is 59.5 Å². The number of hydrogen-bond donors (Lipinski definition) is 0. The Labute approximate surface area is 159 Å². The number of ether oxygens (including phenoxy) is 1. The molecule has 0 amide bonds.